The average molecular weight is 307 g/mol. The van der Waals surface area contributed by atoms with Gasteiger partial charge in [-0.25, -0.2) is 0 Å². The van der Waals surface area contributed by atoms with Crippen molar-refractivity contribution in [2.24, 2.45) is 11.7 Å². The van der Waals surface area contributed by atoms with E-state index >= 15 is 0 Å². The number of halogens is 1. The van der Waals surface area contributed by atoms with E-state index in [0.717, 1.165) is 0 Å². The summed E-state index contributed by atoms with van der Waals surface area (Å²) in [6, 6.07) is -0.851. The van der Waals surface area contributed by atoms with Gasteiger partial charge in [0.1, 0.15) is 12.1 Å². The van der Waals surface area contributed by atoms with Crippen LogP contribution in [0.2, 0.25) is 0 Å². The van der Waals surface area contributed by atoms with Crippen LogP contribution in [-0.2, 0) is 9.59 Å². The van der Waals surface area contributed by atoms with Crippen molar-refractivity contribution in [2.75, 3.05) is 0 Å². The number of aliphatic hydroxyl groups is 1. The molecule has 0 aromatic rings. The topological polar surface area (TPSA) is 92.4 Å². The van der Waals surface area contributed by atoms with Gasteiger partial charge in [-0.1, -0.05) is 36.4 Å². The minimum atomic E-state index is -1.12. The maximum Gasteiger partial charge on any atom is 0.249 e. The molecule has 0 saturated carbocycles. The smallest absolute Gasteiger partial charge is 0.249 e. The molecule has 0 aliphatic carbocycles. The molecule has 17 heavy (non-hydrogen) atoms. The predicted molar refractivity (Wildman–Crippen MR) is 69.3 cm³/mol. The lowest BCUT2D eigenvalue weighted by Crippen LogP contribution is -2.48. The van der Waals surface area contributed by atoms with E-state index in [1.165, 1.54) is 0 Å². The molecule has 0 spiro atoms. The molecule has 6 heteroatoms. The highest BCUT2D eigenvalue weighted by Crippen LogP contribution is 2.11. The van der Waals surface area contributed by atoms with Crippen LogP contribution in [0.3, 0.4) is 0 Å². The lowest BCUT2D eigenvalue weighted by molar-refractivity contribution is -0.133. The third kappa shape index (κ3) is 7.12. The molecule has 0 fully saturated rings. The zero-order chi connectivity index (χ0) is 13.6. The number of rotatable bonds is 7. The Morgan fingerprint density at radius 3 is 2.35 bits per heavy atom. The van der Waals surface area contributed by atoms with E-state index in [9.17, 15) is 14.7 Å². The number of hydrogen-bond acceptors (Lipinski definition) is 3. The lowest BCUT2D eigenvalue weighted by Gasteiger charge is -2.18. The average Bonchev–Trinajstić information content (AvgIpc) is 2.14. The van der Waals surface area contributed by atoms with Crippen LogP contribution in [0.5, 0.6) is 0 Å². The quantitative estimate of drug-likeness (QED) is 0.645. The Morgan fingerprint density at radius 1 is 1.47 bits per heavy atom. The summed E-state index contributed by atoms with van der Waals surface area (Å²) in [4.78, 5) is 22.6. The van der Waals surface area contributed by atoms with Gasteiger partial charge in [-0.3, -0.25) is 9.59 Å². The van der Waals surface area contributed by atoms with E-state index in [1.54, 1.807) is 0 Å². The molecule has 0 aromatic carbocycles. The maximum absolute atomic E-state index is 11.6. The highest BCUT2D eigenvalue weighted by atomic mass is 79.9. The first-order valence-corrected chi connectivity index (χ1v) is 6.14. The molecule has 0 unspecified atom stereocenters. The largest absolute Gasteiger partial charge is 0.383 e. The second kappa shape index (κ2) is 7.45. The summed E-state index contributed by atoms with van der Waals surface area (Å²) in [6.45, 7) is 7.36. The Kier molecular flexibility index (Phi) is 7.06. The van der Waals surface area contributed by atoms with E-state index in [2.05, 4.69) is 27.8 Å². The molecule has 98 valence electrons. The fourth-order valence-corrected chi connectivity index (χ4v) is 1.59. The van der Waals surface area contributed by atoms with Gasteiger partial charge in [0.15, 0.2) is 0 Å². The molecule has 0 aliphatic rings. The van der Waals surface area contributed by atoms with Crippen LogP contribution < -0.4 is 11.1 Å². The Hall–Kier alpha value is -0.880. The number of carbonyl (C=O) groups excluding carboxylic acids is 2. The van der Waals surface area contributed by atoms with Gasteiger partial charge in [0.05, 0.1) is 0 Å². The van der Waals surface area contributed by atoms with E-state index in [0.29, 0.717) is 10.9 Å². The summed E-state index contributed by atoms with van der Waals surface area (Å²) >= 11 is 3.09. The fourth-order valence-electron chi connectivity index (χ4n) is 1.27. The number of aliphatic hydroxyl groups excluding tert-OH is 1. The second-order valence-electron chi connectivity index (χ2n) is 4.33. The van der Waals surface area contributed by atoms with Gasteiger partial charge in [-0.15, -0.1) is 0 Å². The van der Waals surface area contributed by atoms with Gasteiger partial charge in [-0.2, -0.15) is 0 Å². The normalized spacial score (nSPS) is 14.2. The number of amides is 2. The van der Waals surface area contributed by atoms with Crippen LogP contribution in [0, 0.1) is 5.92 Å². The lowest BCUT2D eigenvalue weighted by atomic mass is 10.0. The molecule has 0 aromatic heterocycles. The van der Waals surface area contributed by atoms with Gasteiger partial charge in [0.25, 0.3) is 0 Å². The standard InChI is InChI=1S/C11H19BrN2O3/c1-6(2)4-9(15)11(17)14-8(10(13)16)5-7(3)12/h6,8-9,15H,3-5H2,1-2H3,(H2,13,16)(H,14,17)/t8-,9-/m1/s1. The van der Waals surface area contributed by atoms with Crippen LogP contribution in [0.1, 0.15) is 26.7 Å². The van der Waals surface area contributed by atoms with E-state index < -0.39 is 24.0 Å². The summed E-state index contributed by atoms with van der Waals surface area (Å²) in [7, 11) is 0. The Bertz CT molecular complexity index is 305. The molecule has 0 bridgehead atoms. The first-order valence-electron chi connectivity index (χ1n) is 5.35. The Balaban J connectivity index is 4.39. The summed E-state index contributed by atoms with van der Waals surface area (Å²) in [5, 5.41) is 12.0. The van der Waals surface area contributed by atoms with E-state index in [4.69, 9.17) is 5.73 Å². The zero-order valence-corrected chi connectivity index (χ0v) is 11.7. The van der Waals surface area contributed by atoms with Crippen molar-refractivity contribution >= 4 is 27.7 Å². The molecular weight excluding hydrogens is 288 g/mol. The Morgan fingerprint density at radius 2 is 2.00 bits per heavy atom. The molecule has 0 saturated heterocycles. The van der Waals surface area contributed by atoms with Crippen LogP contribution in [0.25, 0.3) is 0 Å². The molecule has 4 N–H and O–H groups in total. The molecule has 0 aliphatic heterocycles. The number of carbonyl (C=O) groups is 2. The van der Waals surface area contributed by atoms with Crippen LogP contribution in [0.4, 0.5) is 0 Å². The van der Waals surface area contributed by atoms with E-state index in [1.807, 2.05) is 13.8 Å². The van der Waals surface area contributed by atoms with Gasteiger partial charge in [0, 0.05) is 6.42 Å². The Labute approximate surface area is 110 Å². The van der Waals surface area contributed by atoms with Crippen molar-refractivity contribution in [1.29, 1.82) is 0 Å². The summed E-state index contributed by atoms with van der Waals surface area (Å²) in [5.41, 5.74) is 5.14. The van der Waals surface area contributed by atoms with Crippen molar-refractivity contribution in [2.45, 2.75) is 38.8 Å². The molecule has 2 amide bonds. The van der Waals surface area contributed by atoms with E-state index in [-0.39, 0.29) is 12.3 Å². The predicted octanol–water partition coefficient (Wildman–Crippen LogP) is 0.662. The van der Waals surface area contributed by atoms with Crippen molar-refractivity contribution < 1.29 is 14.7 Å². The van der Waals surface area contributed by atoms with Crippen LogP contribution in [-0.4, -0.2) is 29.1 Å². The van der Waals surface area contributed by atoms with Gasteiger partial charge >= 0.3 is 0 Å². The first kappa shape index (κ1) is 16.1. The molecule has 5 nitrogen and oxygen atoms in total. The van der Waals surface area contributed by atoms with Crippen LogP contribution >= 0.6 is 15.9 Å². The summed E-state index contributed by atoms with van der Waals surface area (Å²) in [6.07, 6.45) is -0.581. The molecule has 2 atom stereocenters. The summed E-state index contributed by atoms with van der Waals surface area (Å²) in [5.74, 6) is -1.05. The van der Waals surface area contributed by atoms with Crippen molar-refractivity contribution in [3.8, 4) is 0 Å². The van der Waals surface area contributed by atoms with Crippen molar-refractivity contribution in [1.82, 2.24) is 5.32 Å². The van der Waals surface area contributed by atoms with Crippen molar-refractivity contribution in [3.63, 3.8) is 0 Å². The molecule has 0 radical (unpaired) electrons. The van der Waals surface area contributed by atoms with Gasteiger partial charge < -0.3 is 16.2 Å². The highest BCUT2D eigenvalue weighted by Gasteiger charge is 2.23. The fraction of sp³-hybridized carbons (Fsp3) is 0.636. The molecule has 0 heterocycles. The molecule has 0 rings (SSSR count). The summed E-state index contributed by atoms with van der Waals surface area (Å²) < 4.78 is 0.556. The van der Waals surface area contributed by atoms with Gasteiger partial charge in [-0.05, 0) is 16.8 Å². The third-order valence-corrected chi connectivity index (χ3v) is 2.41. The minimum absolute atomic E-state index is 0.189. The SMILES string of the molecule is C=C(Br)C[C@@H](NC(=O)[C@H](O)CC(C)C)C(N)=O. The second-order valence-corrected chi connectivity index (χ2v) is 5.45. The zero-order valence-electron chi connectivity index (χ0n) is 10.1. The first-order chi connectivity index (χ1) is 7.73. The third-order valence-electron chi connectivity index (χ3n) is 2.08. The number of primary amides is 1. The maximum atomic E-state index is 11.6. The van der Waals surface area contributed by atoms with Crippen LogP contribution in [0.15, 0.2) is 11.1 Å². The molecular formula is C11H19BrN2O3. The minimum Gasteiger partial charge on any atom is -0.383 e. The monoisotopic (exact) mass is 306 g/mol. The van der Waals surface area contributed by atoms with Gasteiger partial charge in [0.2, 0.25) is 11.8 Å². The highest BCUT2D eigenvalue weighted by molar-refractivity contribution is 9.11. The van der Waals surface area contributed by atoms with Crippen molar-refractivity contribution in [3.05, 3.63) is 11.1 Å². The number of nitrogens with one attached hydrogen (secondary N) is 1. The number of hydrogen-bond donors (Lipinski definition) is 3. The number of nitrogens with two attached hydrogens (primary N) is 1.